The van der Waals surface area contributed by atoms with Gasteiger partial charge in [-0.2, -0.15) is 16.6 Å². The summed E-state index contributed by atoms with van der Waals surface area (Å²) < 4.78 is 16.0. The average molecular weight is 301 g/mol. The highest BCUT2D eigenvalue weighted by molar-refractivity contribution is 7.08. The second kappa shape index (κ2) is 6.82. The molecule has 108 valence electrons. The van der Waals surface area contributed by atoms with Gasteiger partial charge in [-0.05, 0) is 35.0 Å². The Morgan fingerprint density at radius 1 is 1.10 bits per heavy atom. The molecule has 0 aliphatic rings. The van der Waals surface area contributed by atoms with Crippen molar-refractivity contribution in [2.24, 2.45) is 0 Å². The summed E-state index contributed by atoms with van der Waals surface area (Å²) in [6.07, 6.45) is 1.78. The van der Waals surface area contributed by atoms with E-state index in [1.54, 1.807) is 44.8 Å². The van der Waals surface area contributed by atoms with Gasteiger partial charge in [0.2, 0.25) is 5.75 Å². The van der Waals surface area contributed by atoms with E-state index in [0.29, 0.717) is 22.8 Å². The first kappa shape index (κ1) is 14.9. The molecule has 0 amide bonds. The molecule has 1 aromatic heterocycles. The molecule has 0 fully saturated rings. The fourth-order valence-corrected chi connectivity index (χ4v) is 2.65. The lowest BCUT2D eigenvalue weighted by molar-refractivity contribution is 0.324. The number of nitrogens with zero attached hydrogens (tertiary/aromatic N) is 1. The molecule has 1 aromatic carbocycles. The first-order valence-electron chi connectivity index (χ1n) is 6.18. The molecule has 4 nitrogen and oxygen atoms in total. The van der Waals surface area contributed by atoms with E-state index in [0.717, 1.165) is 11.1 Å². The van der Waals surface area contributed by atoms with Crippen LogP contribution in [0.15, 0.2) is 29.0 Å². The van der Waals surface area contributed by atoms with Crippen molar-refractivity contribution in [1.29, 1.82) is 5.26 Å². The average Bonchev–Trinajstić information content (AvgIpc) is 3.05. The van der Waals surface area contributed by atoms with Crippen LogP contribution >= 0.6 is 11.3 Å². The minimum absolute atomic E-state index is 0.511. The van der Waals surface area contributed by atoms with E-state index in [1.807, 2.05) is 22.9 Å². The maximum Gasteiger partial charge on any atom is 0.203 e. The minimum Gasteiger partial charge on any atom is -0.493 e. The van der Waals surface area contributed by atoms with Crippen LogP contribution < -0.4 is 14.2 Å². The van der Waals surface area contributed by atoms with Crippen LogP contribution in [0.3, 0.4) is 0 Å². The predicted octanol–water partition coefficient (Wildman–Crippen LogP) is 3.84. The van der Waals surface area contributed by atoms with E-state index in [4.69, 9.17) is 14.2 Å². The van der Waals surface area contributed by atoms with Crippen LogP contribution in [0.4, 0.5) is 0 Å². The van der Waals surface area contributed by atoms with E-state index < -0.39 is 0 Å². The van der Waals surface area contributed by atoms with E-state index in [9.17, 15) is 5.26 Å². The van der Waals surface area contributed by atoms with Crippen LogP contribution in [0.1, 0.15) is 11.1 Å². The lowest BCUT2D eigenvalue weighted by Crippen LogP contribution is -1.96. The Morgan fingerprint density at radius 2 is 1.86 bits per heavy atom. The first-order valence-corrected chi connectivity index (χ1v) is 7.12. The minimum atomic E-state index is 0.511. The number of hydrogen-bond acceptors (Lipinski definition) is 5. The Hall–Kier alpha value is -2.45. The molecule has 5 heteroatoms. The number of thiophene rings is 1. The highest BCUT2D eigenvalue weighted by atomic mass is 32.1. The van der Waals surface area contributed by atoms with Crippen molar-refractivity contribution in [1.82, 2.24) is 0 Å². The number of hydrogen-bond donors (Lipinski definition) is 0. The zero-order valence-electron chi connectivity index (χ0n) is 12.0. The van der Waals surface area contributed by atoms with Gasteiger partial charge in [0, 0.05) is 11.1 Å². The number of allylic oxidation sites excluding steroid dienone is 1. The van der Waals surface area contributed by atoms with Gasteiger partial charge in [-0.15, -0.1) is 0 Å². The van der Waals surface area contributed by atoms with Crippen molar-refractivity contribution < 1.29 is 14.2 Å². The molecular weight excluding hydrogens is 286 g/mol. The molecular formula is C16H15NO3S. The second-order valence-corrected chi connectivity index (χ2v) is 4.89. The maximum atomic E-state index is 9.34. The Balaban J connectivity index is 2.56. The van der Waals surface area contributed by atoms with Crippen LogP contribution in [0.2, 0.25) is 0 Å². The van der Waals surface area contributed by atoms with E-state index >= 15 is 0 Å². The highest BCUT2D eigenvalue weighted by Crippen LogP contribution is 2.41. The van der Waals surface area contributed by atoms with Crippen molar-refractivity contribution in [3.63, 3.8) is 0 Å². The van der Waals surface area contributed by atoms with Crippen LogP contribution in [0, 0.1) is 11.3 Å². The normalized spacial score (nSPS) is 10.9. The number of methoxy groups -OCH3 is 3. The van der Waals surface area contributed by atoms with Gasteiger partial charge in [0.25, 0.3) is 0 Å². The quantitative estimate of drug-likeness (QED) is 0.787. The number of nitriles is 1. The van der Waals surface area contributed by atoms with Crippen LogP contribution in [-0.2, 0) is 0 Å². The fourth-order valence-electron chi connectivity index (χ4n) is 1.99. The zero-order chi connectivity index (χ0) is 15.2. The lowest BCUT2D eigenvalue weighted by Gasteiger charge is -2.14. The van der Waals surface area contributed by atoms with Gasteiger partial charge in [0.15, 0.2) is 11.5 Å². The topological polar surface area (TPSA) is 51.5 Å². The first-order chi connectivity index (χ1) is 10.2. The van der Waals surface area contributed by atoms with Crippen molar-refractivity contribution >= 4 is 23.0 Å². The maximum absolute atomic E-state index is 9.34. The molecule has 0 aliphatic heterocycles. The molecule has 0 radical (unpaired) electrons. The van der Waals surface area contributed by atoms with Crippen LogP contribution in [-0.4, -0.2) is 21.3 Å². The Labute approximate surface area is 127 Å². The molecule has 0 bridgehead atoms. The van der Waals surface area contributed by atoms with Crippen molar-refractivity contribution in [3.8, 4) is 23.3 Å². The van der Waals surface area contributed by atoms with E-state index in [1.165, 1.54) is 0 Å². The molecule has 2 rings (SSSR count). The molecule has 0 unspecified atom stereocenters. The molecule has 1 heterocycles. The second-order valence-electron chi connectivity index (χ2n) is 4.11. The predicted molar refractivity (Wildman–Crippen MR) is 83.9 cm³/mol. The van der Waals surface area contributed by atoms with Gasteiger partial charge in [0.05, 0.1) is 33.0 Å². The van der Waals surface area contributed by atoms with Gasteiger partial charge in [-0.25, -0.2) is 0 Å². The van der Waals surface area contributed by atoms with Crippen molar-refractivity contribution in [3.05, 3.63) is 40.1 Å². The number of ether oxygens (including phenoxy) is 3. The van der Waals surface area contributed by atoms with Gasteiger partial charge < -0.3 is 14.2 Å². The van der Waals surface area contributed by atoms with E-state index in [-0.39, 0.29) is 0 Å². The smallest absolute Gasteiger partial charge is 0.203 e. The third-order valence-corrected chi connectivity index (χ3v) is 3.67. The summed E-state index contributed by atoms with van der Waals surface area (Å²) in [6.45, 7) is 0. The molecule has 0 aliphatic carbocycles. The lowest BCUT2D eigenvalue weighted by atomic mass is 10.1. The third kappa shape index (κ3) is 3.01. The summed E-state index contributed by atoms with van der Waals surface area (Å²) in [7, 11) is 4.68. The monoisotopic (exact) mass is 301 g/mol. The standard InChI is InChI=1S/C16H15NO3S/c1-18-14-5-4-11(15(19-2)16(14)20-3)8-13(9-17)12-6-7-21-10-12/h4-8,10H,1-3H3. The van der Waals surface area contributed by atoms with Gasteiger partial charge in [-0.3, -0.25) is 0 Å². The van der Waals surface area contributed by atoms with E-state index in [2.05, 4.69) is 6.07 Å². The van der Waals surface area contributed by atoms with Crippen LogP contribution in [0.25, 0.3) is 11.6 Å². The summed E-state index contributed by atoms with van der Waals surface area (Å²) in [6, 6.07) is 7.74. The Kier molecular flexibility index (Phi) is 4.85. The zero-order valence-corrected chi connectivity index (χ0v) is 12.9. The molecule has 0 atom stereocenters. The van der Waals surface area contributed by atoms with Crippen molar-refractivity contribution in [2.75, 3.05) is 21.3 Å². The SMILES string of the molecule is COc1ccc(C=C(C#N)c2ccsc2)c(OC)c1OC. The summed E-state index contributed by atoms with van der Waals surface area (Å²) in [5.41, 5.74) is 2.22. The summed E-state index contributed by atoms with van der Waals surface area (Å²) in [5, 5.41) is 13.2. The van der Waals surface area contributed by atoms with Gasteiger partial charge >= 0.3 is 0 Å². The van der Waals surface area contributed by atoms with Crippen molar-refractivity contribution in [2.45, 2.75) is 0 Å². The number of rotatable bonds is 5. The molecule has 0 saturated heterocycles. The molecule has 0 saturated carbocycles. The molecule has 0 N–H and O–H groups in total. The summed E-state index contributed by atoms with van der Waals surface area (Å²) in [4.78, 5) is 0. The Morgan fingerprint density at radius 3 is 2.38 bits per heavy atom. The summed E-state index contributed by atoms with van der Waals surface area (Å²) >= 11 is 1.55. The third-order valence-electron chi connectivity index (χ3n) is 2.99. The largest absolute Gasteiger partial charge is 0.493 e. The van der Waals surface area contributed by atoms with Crippen LogP contribution in [0.5, 0.6) is 17.2 Å². The van der Waals surface area contributed by atoms with Gasteiger partial charge in [0.1, 0.15) is 0 Å². The Bertz CT molecular complexity index is 684. The number of benzene rings is 1. The summed E-state index contributed by atoms with van der Waals surface area (Å²) in [5.74, 6) is 1.64. The molecule has 0 spiro atoms. The van der Waals surface area contributed by atoms with Gasteiger partial charge in [-0.1, -0.05) is 0 Å². The molecule has 21 heavy (non-hydrogen) atoms. The molecule has 2 aromatic rings. The fraction of sp³-hybridized carbons (Fsp3) is 0.188. The highest BCUT2D eigenvalue weighted by Gasteiger charge is 2.15.